The molecule has 0 spiro atoms. The molecule has 0 fully saturated rings. The Balaban J connectivity index is 0.000000294. The van der Waals surface area contributed by atoms with Crippen molar-refractivity contribution in [1.82, 2.24) is 9.97 Å². The Hall–Kier alpha value is -2.39. The molecule has 0 saturated carbocycles. The van der Waals surface area contributed by atoms with Gasteiger partial charge in [0.2, 0.25) is 0 Å². The van der Waals surface area contributed by atoms with Crippen molar-refractivity contribution in [3.63, 3.8) is 0 Å². The summed E-state index contributed by atoms with van der Waals surface area (Å²) in [7, 11) is 0. The van der Waals surface area contributed by atoms with Crippen LogP contribution >= 0.6 is 11.8 Å². The van der Waals surface area contributed by atoms with E-state index in [1.54, 1.807) is 35.9 Å². The second-order valence-electron chi connectivity index (χ2n) is 7.99. The molecule has 0 aliphatic heterocycles. The highest BCUT2D eigenvalue weighted by molar-refractivity contribution is 7.98. The summed E-state index contributed by atoms with van der Waals surface area (Å²) < 4.78 is 0. The van der Waals surface area contributed by atoms with E-state index >= 15 is 0 Å². The van der Waals surface area contributed by atoms with Gasteiger partial charge in [-0.25, -0.2) is 0 Å². The molecular weight excluding hydrogens is 372 g/mol. The summed E-state index contributed by atoms with van der Waals surface area (Å²) in [4.78, 5) is 8.82. The normalized spacial score (nSPS) is 15.8. The molecule has 0 saturated heterocycles. The van der Waals surface area contributed by atoms with Crippen LogP contribution < -0.4 is 0 Å². The lowest BCUT2D eigenvalue weighted by atomic mass is 9.75. The quantitative estimate of drug-likeness (QED) is 0.261. The highest BCUT2D eigenvalue weighted by Crippen LogP contribution is 2.41. The minimum atomic E-state index is 0.732. The predicted octanol–water partition coefficient (Wildman–Crippen LogP) is 7.27. The molecule has 1 heterocycles. The molecule has 2 nitrogen and oxygen atoms in total. The van der Waals surface area contributed by atoms with E-state index in [0.29, 0.717) is 0 Å². The van der Waals surface area contributed by atoms with Gasteiger partial charge in [0.15, 0.2) is 0 Å². The van der Waals surface area contributed by atoms with Crippen LogP contribution in [0.3, 0.4) is 0 Å². The number of hydrogen-bond donors (Lipinski definition) is 0. The molecule has 1 atom stereocenters. The number of aryl methyl sites for hydroxylation is 1. The molecule has 148 valence electrons. The van der Waals surface area contributed by atoms with Crippen LogP contribution in [0.2, 0.25) is 0 Å². The molecule has 0 N–H and O–H groups in total. The lowest BCUT2D eigenvalue weighted by Crippen LogP contribution is -2.15. The minimum Gasteiger partial charge on any atom is -0.262 e. The van der Waals surface area contributed by atoms with Crippen LogP contribution in [-0.2, 0) is 6.42 Å². The number of fused-ring (bicyclic) bond motifs is 5. The molecule has 0 bridgehead atoms. The maximum Gasteiger partial charge on any atom is 0.0451 e. The number of hydrogen-bond acceptors (Lipinski definition) is 3. The first-order valence-electron chi connectivity index (χ1n) is 10.4. The van der Waals surface area contributed by atoms with E-state index < -0.39 is 0 Å². The number of nitrogens with zero attached hydrogens (tertiary/aromatic N) is 2. The number of thioether (sulfide) groups is 1. The second kappa shape index (κ2) is 8.96. The van der Waals surface area contributed by atoms with Gasteiger partial charge in [0, 0.05) is 29.7 Å². The van der Waals surface area contributed by atoms with Crippen LogP contribution in [0.1, 0.15) is 43.7 Å². The summed E-state index contributed by atoms with van der Waals surface area (Å²) in [6, 6.07) is 16.2. The van der Waals surface area contributed by atoms with Crippen molar-refractivity contribution in [2.45, 2.75) is 43.9 Å². The Kier molecular flexibility index (Phi) is 6.15. The molecule has 29 heavy (non-hydrogen) atoms. The van der Waals surface area contributed by atoms with Gasteiger partial charge < -0.3 is 0 Å². The average molecular weight is 401 g/mol. The predicted molar refractivity (Wildman–Crippen MR) is 126 cm³/mol. The van der Waals surface area contributed by atoms with Crippen molar-refractivity contribution < 1.29 is 0 Å². The number of benzene rings is 3. The zero-order valence-corrected chi connectivity index (χ0v) is 18.2. The summed E-state index contributed by atoms with van der Waals surface area (Å²) in [6.45, 7) is 4.74. The van der Waals surface area contributed by atoms with Crippen molar-refractivity contribution in [1.29, 1.82) is 0 Å². The zero-order chi connectivity index (χ0) is 20.2. The third-order valence-corrected chi connectivity index (χ3v) is 6.81. The lowest BCUT2D eigenvalue weighted by molar-refractivity contribution is 0.435. The summed E-state index contributed by atoms with van der Waals surface area (Å²) in [6.07, 6.45) is 12.6. The van der Waals surface area contributed by atoms with Crippen molar-refractivity contribution in [2.24, 2.45) is 5.92 Å². The van der Waals surface area contributed by atoms with Crippen molar-refractivity contribution >= 4 is 33.3 Å². The number of rotatable bonds is 2. The van der Waals surface area contributed by atoms with Crippen LogP contribution in [0.25, 0.3) is 21.5 Å². The first-order chi connectivity index (χ1) is 14.2. The molecule has 3 aromatic carbocycles. The van der Waals surface area contributed by atoms with Gasteiger partial charge in [0.25, 0.3) is 0 Å². The molecular formula is C26H28N2S. The van der Waals surface area contributed by atoms with E-state index in [1.165, 1.54) is 45.7 Å². The maximum atomic E-state index is 3.72. The van der Waals surface area contributed by atoms with Crippen molar-refractivity contribution in [3.05, 3.63) is 78.4 Å². The third-order valence-electron chi connectivity index (χ3n) is 6.01. The lowest BCUT2D eigenvalue weighted by Gasteiger charge is -2.29. The Morgan fingerprint density at radius 2 is 1.48 bits per heavy atom. The zero-order valence-electron chi connectivity index (χ0n) is 17.4. The monoisotopic (exact) mass is 400 g/mol. The average Bonchev–Trinajstić information content (AvgIpc) is 2.79. The van der Waals surface area contributed by atoms with E-state index in [-0.39, 0.29) is 0 Å². The van der Waals surface area contributed by atoms with Crippen LogP contribution in [0.15, 0.2) is 72.1 Å². The standard InChI is InChI=1S/C22H24S.C4H4N2/c1-14(2)15-6-4-7-16-18(15)10-11-20-17-8-5-9-22(23-3)21(17)13-12-19(16)20;1-2-6-4-3-5-1/h5,8-15H,4,6-7H2,1-3H3;1-4H. The van der Waals surface area contributed by atoms with E-state index in [2.05, 4.69) is 72.5 Å². The first-order valence-corrected chi connectivity index (χ1v) is 11.6. The van der Waals surface area contributed by atoms with Gasteiger partial charge in [-0.05, 0) is 76.1 Å². The Bertz CT molecular complexity index is 1080. The van der Waals surface area contributed by atoms with Gasteiger partial charge in [-0.1, -0.05) is 50.2 Å². The fourth-order valence-corrected chi connectivity index (χ4v) is 5.24. The molecule has 0 amide bonds. The second-order valence-corrected chi connectivity index (χ2v) is 8.83. The van der Waals surface area contributed by atoms with Crippen LogP contribution in [0.5, 0.6) is 0 Å². The molecule has 1 aliphatic carbocycles. The molecule has 4 aromatic rings. The summed E-state index contributed by atoms with van der Waals surface area (Å²) in [5, 5.41) is 5.72. The first kappa shape index (κ1) is 19.9. The smallest absolute Gasteiger partial charge is 0.0451 e. The molecule has 1 aliphatic rings. The van der Waals surface area contributed by atoms with Gasteiger partial charge in [0.1, 0.15) is 0 Å². The molecule has 1 aromatic heterocycles. The highest BCUT2D eigenvalue weighted by Gasteiger charge is 2.24. The van der Waals surface area contributed by atoms with Crippen LogP contribution in [0, 0.1) is 5.92 Å². The van der Waals surface area contributed by atoms with Gasteiger partial charge in [-0.2, -0.15) is 0 Å². The maximum absolute atomic E-state index is 3.72. The van der Waals surface area contributed by atoms with Gasteiger partial charge in [-0.3, -0.25) is 9.97 Å². The van der Waals surface area contributed by atoms with Crippen molar-refractivity contribution in [3.8, 4) is 0 Å². The minimum absolute atomic E-state index is 0.732. The fourth-order valence-electron chi connectivity index (χ4n) is 4.63. The van der Waals surface area contributed by atoms with Gasteiger partial charge >= 0.3 is 0 Å². The van der Waals surface area contributed by atoms with Gasteiger partial charge in [0.05, 0.1) is 0 Å². The highest BCUT2D eigenvalue weighted by atomic mass is 32.2. The van der Waals surface area contributed by atoms with E-state index in [1.807, 2.05) is 11.8 Å². The fraction of sp³-hybridized carbons (Fsp3) is 0.308. The summed E-state index contributed by atoms with van der Waals surface area (Å²) in [5.74, 6) is 1.46. The van der Waals surface area contributed by atoms with E-state index in [4.69, 9.17) is 0 Å². The van der Waals surface area contributed by atoms with Crippen LogP contribution in [0.4, 0.5) is 0 Å². The van der Waals surface area contributed by atoms with E-state index in [9.17, 15) is 0 Å². The molecule has 1 unspecified atom stereocenters. The topological polar surface area (TPSA) is 25.8 Å². The molecule has 0 radical (unpaired) electrons. The third kappa shape index (κ3) is 4.02. The van der Waals surface area contributed by atoms with Crippen LogP contribution in [-0.4, -0.2) is 16.2 Å². The largest absolute Gasteiger partial charge is 0.262 e. The Morgan fingerprint density at radius 3 is 2.14 bits per heavy atom. The Morgan fingerprint density at radius 1 is 0.828 bits per heavy atom. The van der Waals surface area contributed by atoms with Crippen molar-refractivity contribution in [2.75, 3.05) is 6.26 Å². The Labute approximate surface area is 177 Å². The molecule has 3 heteroatoms. The van der Waals surface area contributed by atoms with E-state index in [0.717, 1.165) is 11.8 Å². The van der Waals surface area contributed by atoms with Gasteiger partial charge in [-0.15, -0.1) is 11.8 Å². The SMILES string of the molecule is CSc1cccc2c1ccc1c3c(ccc12)C(C(C)C)CCC3.c1cnccn1. The summed E-state index contributed by atoms with van der Waals surface area (Å²) >= 11 is 1.84. The molecule has 5 rings (SSSR count). The number of aromatic nitrogens is 2. The summed E-state index contributed by atoms with van der Waals surface area (Å²) in [5.41, 5.74) is 3.23.